The number of nitrogens with zero attached hydrogens (tertiary/aromatic N) is 1. The molecule has 0 spiro atoms. The molecule has 0 saturated carbocycles. The molecule has 19 heavy (non-hydrogen) atoms. The summed E-state index contributed by atoms with van der Waals surface area (Å²) in [6, 6.07) is 5.60. The third-order valence-corrected chi connectivity index (χ3v) is 3.18. The smallest absolute Gasteiger partial charge is 0.339 e. The zero-order valence-corrected chi connectivity index (χ0v) is 11.2. The lowest BCUT2D eigenvalue weighted by Gasteiger charge is -2.09. The fourth-order valence-electron chi connectivity index (χ4n) is 2.23. The zero-order chi connectivity index (χ0) is 14.0. The summed E-state index contributed by atoms with van der Waals surface area (Å²) >= 11 is 0. The number of carbonyl (C=O) groups is 1. The van der Waals surface area contributed by atoms with Crippen molar-refractivity contribution in [3.63, 3.8) is 0 Å². The Bertz CT molecular complexity index is 603. The van der Waals surface area contributed by atoms with E-state index in [1.165, 1.54) is 7.11 Å². The number of hydrogen-bond acceptors (Lipinski definition) is 4. The van der Waals surface area contributed by atoms with Gasteiger partial charge in [-0.05, 0) is 19.1 Å². The average molecular weight is 263 g/mol. The molecule has 0 fully saturated rings. The van der Waals surface area contributed by atoms with Crippen LogP contribution in [0.25, 0.3) is 10.9 Å². The highest BCUT2D eigenvalue weighted by molar-refractivity contribution is 5.94. The van der Waals surface area contributed by atoms with Crippen molar-refractivity contribution in [2.24, 2.45) is 0 Å². The summed E-state index contributed by atoms with van der Waals surface area (Å²) < 4.78 is 11.9. The van der Waals surface area contributed by atoms with Gasteiger partial charge in [-0.3, -0.25) is 0 Å². The van der Waals surface area contributed by atoms with E-state index < -0.39 is 12.1 Å². The SMILES string of the molecule is CCn1cc(C(O)C(=O)OC)c2c(OC)cccc21. The maximum atomic E-state index is 11.5. The van der Waals surface area contributed by atoms with Crippen LogP contribution in [0.4, 0.5) is 0 Å². The lowest BCUT2D eigenvalue weighted by molar-refractivity contribution is -0.150. The van der Waals surface area contributed by atoms with E-state index in [-0.39, 0.29) is 0 Å². The highest BCUT2D eigenvalue weighted by Gasteiger charge is 2.24. The van der Waals surface area contributed by atoms with Crippen molar-refractivity contribution in [2.45, 2.75) is 19.6 Å². The second-order valence-corrected chi connectivity index (χ2v) is 4.15. The first-order chi connectivity index (χ1) is 9.13. The largest absolute Gasteiger partial charge is 0.496 e. The molecule has 0 aliphatic rings. The summed E-state index contributed by atoms with van der Waals surface area (Å²) in [6.07, 6.45) is 0.450. The van der Waals surface area contributed by atoms with Crippen molar-refractivity contribution in [1.82, 2.24) is 4.57 Å². The number of aliphatic hydroxyl groups excluding tert-OH is 1. The van der Waals surface area contributed by atoms with Gasteiger partial charge in [0.15, 0.2) is 6.10 Å². The number of hydrogen-bond donors (Lipinski definition) is 1. The molecule has 5 heteroatoms. The van der Waals surface area contributed by atoms with Gasteiger partial charge in [0.05, 0.1) is 19.7 Å². The van der Waals surface area contributed by atoms with E-state index in [1.54, 1.807) is 19.4 Å². The first kappa shape index (κ1) is 13.4. The summed E-state index contributed by atoms with van der Waals surface area (Å²) in [6.45, 7) is 2.73. The van der Waals surface area contributed by atoms with E-state index in [9.17, 15) is 9.90 Å². The molecule has 102 valence electrons. The molecular formula is C14H17NO4. The van der Waals surface area contributed by atoms with Crippen LogP contribution in [-0.4, -0.2) is 29.9 Å². The zero-order valence-electron chi connectivity index (χ0n) is 11.2. The second kappa shape index (κ2) is 5.32. The molecule has 0 saturated heterocycles. The van der Waals surface area contributed by atoms with Crippen molar-refractivity contribution in [1.29, 1.82) is 0 Å². The maximum absolute atomic E-state index is 11.5. The molecule has 2 rings (SSSR count). The van der Waals surface area contributed by atoms with Crippen LogP contribution in [-0.2, 0) is 16.1 Å². The van der Waals surface area contributed by atoms with E-state index in [0.29, 0.717) is 11.3 Å². The van der Waals surface area contributed by atoms with Gasteiger partial charge in [-0.25, -0.2) is 4.79 Å². The third kappa shape index (κ3) is 2.17. The van der Waals surface area contributed by atoms with Gasteiger partial charge in [0.25, 0.3) is 0 Å². The van der Waals surface area contributed by atoms with Crippen LogP contribution in [0.1, 0.15) is 18.6 Å². The lowest BCUT2D eigenvalue weighted by Crippen LogP contribution is -2.13. The van der Waals surface area contributed by atoms with Crippen LogP contribution in [0.15, 0.2) is 24.4 Å². The monoisotopic (exact) mass is 263 g/mol. The van der Waals surface area contributed by atoms with E-state index >= 15 is 0 Å². The first-order valence-electron chi connectivity index (χ1n) is 6.05. The highest BCUT2D eigenvalue weighted by atomic mass is 16.5. The van der Waals surface area contributed by atoms with Crippen LogP contribution >= 0.6 is 0 Å². The van der Waals surface area contributed by atoms with Gasteiger partial charge in [0, 0.05) is 23.7 Å². The lowest BCUT2D eigenvalue weighted by atomic mass is 10.1. The van der Waals surface area contributed by atoms with Crippen LogP contribution in [0, 0.1) is 0 Å². The van der Waals surface area contributed by atoms with Gasteiger partial charge in [0.1, 0.15) is 5.75 Å². The predicted molar refractivity (Wildman–Crippen MR) is 71.1 cm³/mol. The summed E-state index contributed by atoms with van der Waals surface area (Å²) in [5.74, 6) is -0.0521. The van der Waals surface area contributed by atoms with Gasteiger partial charge >= 0.3 is 5.97 Å². The standard InChI is InChI=1S/C14H17NO4/c1-4-15-8-9(13(16)14(17)19-3)12-10(15)6-5-7-11(12)18-2/h5-8,13,16H,4H2,1-3H3. The number of aromatic nitrogens is 1. The fourth-order valence-corrected chi connectivity index (χ4v) is 2.23. The molecule has 1 aromatic heterocycles. The summed E-state index contributed by atoms with van der Waals surface area (Å²) in [4.78, 5) is 11.5. The van der Waals surface area contributed by atoms with Crippen molar-refractivity contribution in [2.75, 3.05) is 14.2 Å². The number of esters is 1. The molecule has 0 radical (unpaired) electrons. The minimum absolute atomic E-state index is 0.501. The quantitative estimate of drug-likeness (QED) is 0.855. The van der Waals surface area contributed by atoms with Crippen LogP contribution in [0.2, 0.25) is 0 Å². The van der Waals surface area contributed by atoms with E-state index in [4.69, 9.17) is 4.74 Å². The molecule has 0 aliphatic carbocycles. The molecule has 1 atom stereocenters. The fraction of sp³-hybridized carbons (Fsp3) is 0.357. The number of aliphatic hydroxyl groups is 1. The van der Waals surface area contributed by atoms with E-state index in [2.05, 4.69) is 4.74 Å². The van der Waals surface area contributed by atoms with Gasteiger partial charge < -0.3 is 19.1 Å². The molecule has 1 N–H and O–H groups in total. The summed E-state index contributed by atoms with van der Waals surface area (Å²) in [5, 5.41) is 10.8. The Kier molecular flexibility index (Phi) is 3.76. The normalized spacial score (nSPS) is 12.4. The number of benzene rings is 1. The Hall–Kier alpha value is -2.01. The molecule has 1 aromatic carbocycles. The first-order valence-corrected chi connectivity index (χ1v) is 6.05. The number of fused-ring (bicyclic) bond motifs is 1. The number of carbonyl (C=O) groups excluding carboxylic acids is 1. The van der Waals surface area contributed by atoms with Gasteiger partial charge in [-0.1, -0.05) is 6.07 Å². The Balaban J connectivity index is 2.69. The van der Waals surface area contributed by atoms with Crippen molar-refractivity contribution in [3.8, 4) is 5.75 Å². The van der Waals surface area contributed by atoms with E-state index in [0.717, 1.165) is 17.4 Å². The number of rotatable bonds is 4. The average Bonchev–Trinajstić information content (AvgIpc) is 2.84. The predicted octanol–water partition coefficient (Wildman–Crippen LogP) is 1.88. The van der Waals surface area contributed by atoms with Crippen LogP contribution in [0.3, 0.4) is 0 Å². The molecule has 1 heterocycles. The topological polar surface area (TPSA) is 60.7 Å². The maximum Gasteiger partial charge on any atom is 0.339 e. The summed E-state index contributed by atoms with van der Waals surface area (Å²) in [5.41, 5.74) is 1.42. The Labute approximate surface area is 111 Å². The van der Waals surface area contributed by atoms with Crippen LogP contribution in [0.5, 0.6) is 5.75 Å². The van der Waals surface area contributed by atoms with E-state index in [1.807, 2.05) is 23.6 Å². The minimum Gasteiger partial charge on any atom is -0.496 e. The van der Waals surface area contributed by atoms with Crippen LogP contribution < -0.4 is 4.74 Å². The molecule has 2 aromatic rings. The number of ether oxygens (including phenoxy) is 2. The van der Waals surface area contributed by atoms with Gasteiger partial charge in [-0.15, -0.1) is 0 Å². The Morgan fingerprint density at radius 1 is 1.42 bits per heavy atom. The molecular weight excluding hydrogens is 246 g/mol. The highest BCUT2D eigenvalue weighted by Crippen LogP contribution is 2.34. The molecule has 1 unspecified atom stereocenters. The van der Waals surface area contributed by atoms with Gasteiger partial charge in [0.2, 0.25) is 0 Å². The number of aryl methyl sites for hydroxylation is 1. The van der Waals surface area contributed by atoms with Crippen molar-refractivity contribution >= 4 is 16.9 Å². The van der Waals surface area contributed by atoms with Gasteiger partial charge in [-0.2, -0.15) is 0 Å². The molecule has 0 bridgehead atoms. The Morgan fingerprint density at radius 3 is 2.74 bits per heavy atom. The van der Waals surface area contributed by atoms with Crippen molar-refractivity contribution < 1.29 is 19.4 Å². The minimum atomic E-state index is -1.31. The molecule has 5 nitrogen and oxygen atoms in total. The Morgan fingerprint density at radius 2 is 2.16 bits per heavy atom. The van der Waals surface area contributed by atoms with Crippen molar-refractivity contribution in [3.05, 3.63) is 30.0 Å². The molecule has 0 aliphatic heterocycles. The number of methoxy groups -OCH3 is 2. The molecule has 0 amide bonds. The third-order valence-electron chi connectivity index (χ3n) is 3.18. The summed E-state index contributed by atoms with van der Waals surface area (Å²) in [7, 11) is 2.81. The second-order valence-electron chi connectivity index (χ2n) is 4.15.